The Kier molecular flexibility index (Phi) is 2.61. The van der Waals surface area contributed by atoms with E-state index in [9.17, 15) is 14.4 Å². The van der Waals surface area contributed by atoms with E-state index in [1.54, 1.807) is 0 Å². The molecule has 15 heavy (non-hydrogen) atoms. The molecule has 1 aromatic heterocycles. The summed E-state index contributed by atoms with van der Waals surface area (Å²) < 4.78 is 0. The number of aromatic nitrogens is 2. The lowest BCUT2D eigenvalue weighted by Gasteiger charge is -1.98. The van der Waals surface area contributed by atoms with Crippen molar-refractivity contribution in [3.05, 3.63) is 23.3 Å². The first-order chi connectivity index (χ1) is 6.91. The van der Waals surface area contributed by atoms with Gasteiger partial charge in [-0.05, 0) is 0 Å². The molecule has 0 aromatic carbocycles. The summed E-state index contributed by atoms with van der Waals surface area (Å²) in [5.41, 5.74) is -1.36. The predicted octanol–water partition coefficient (Wildman–Crippen LogP) is -0.429. The molecule has 0 spiro atoms. The number of carbonyl (C=O) groups is 3. The second-order valence-electron chi connectivity index (χ2n) is 2.38. The molecule has 0 amide bonds. The molecule has 0 radical (unpaired) electrons. The van der Waals surface area contributed by atoms with E-state index >= 15 is 0 Å². The molecule has 8 nitrogen and oxygen atoms in total. The van der Waals surface area contributed by atoms with Crippen LogP contribution in [-0.2, 0) is 0 Å². The Morgan fingerprint density at radius 3 is 1.53 bits per heavy atom. The molecule has 0 aliphatic carbocycles. The van der Waals surface area contributed by atoms with Gasteiger partial charge in [0.1, 0.15) is 0 Å². The highest BCUT2D eigenvalue weighted by molar-refractivity contribution is 5.93. The largest absolute Gasteiger partial charge is 0.477 e. The monoisotopic (exact) mass is 212 g/mol. The van der Waals surface area contributed by atoms with Crippen molar-refractivity contribution in [3.63, 3.8) is 0 Å². The minimum atomic E-state index is -1.60. The van der Waals surface area contributed by atoms with Crippen molar-refractivity contribution in [2.75, 3.05) is 0 Å². The first-order valence-electron chi connectivity index (χ1n) is 3.50. The van der Waals surface area contributed by atoms with E-state index < -0.39 is 35.1 Å². The van der Waals surface area contributed by atoms with Gasteiger partial charge in [-0.3, -0.25) is 0 Å². The van der Waals surface area contributed by atoms with Crippen LogP contribution in [-0.4, -0.2) is 43.2 Å². The number of hydrogen-bond donors (Lipinski definition) is 3. The highest BCUT2D eigenvalue weighted by atomic mass is 16.4. The molecule has 0 saturated heterocycles. The van der Waals surface area contributed by atoms with E-state index in [1.807, 2.05) is 0 Å². The highest BCUT2D eigenvalue weighted by Crippen LogP contribution is 2.02. The molecule has 1 rings (SSSR count). The Hall–Kier alpha value is -2.51. The van der Waals surface area contributed by atoms with E-state index in [0.29, 0.717) is 6.07 Å². The standard InChI is InChI=1S/C7H4N2O6/c10-5(11)2-1-3(6(12)13)9-4(8-2)7(14)15/h1H,(H,10,11)(H,12,13)(H,14,15). The average Bonchev–Trinajstić information content (AvgIpc) is 2.16. The Morgan fingerprint density at radius 2 is 1.27 bits per heavy atom. The van der Waals surface area contributed by atoms with Crippen LogP contribution in [0.3, 0.4) is 0 Å². The van der Waals surface area contributed by atoms with Gasteiger partial charge in [0.25, 0.3) is 0 Å². The van der Waals surface area contributed by atoms with E-state index in [2.05, 4.69) is 9.97 Å². The van der Waals surface area contributed by atoms with E-state index in [-0.39, 0.29) is 0 Å². The predicted molar refractivity (Wildman–Crippen MR) is 42.9 cm³/mol. The lowest BCUT2D eigenvalue weighted by atomic mass is 10.3. The van der Waals surface area contributed by atoms with Crippen molar-refractivity contribution in [2.24, 2.45) is 0 Å². The molecule has 0 unspecified atom stereocenters. The molecule has 0 aliphatic heterocycles. The quantitative estimate of drug-likeness (QED) is 0.613. The summed E-state index contributed by atoms with van der Waals surface area (Å²) in [6.45, 7) is 0. The zero-order valence-corrected chi connectivity index (χ0v) is 7.04. The first kappa shape index (κ1) is 10.6. The highest BCUT2D eigenvalue weighted by Gasteiger charge is 2.17. The minimum absolute atomic E-state index is 0.678. The zero-order valence-electron chi connectivity index (χ0n) is 7.04. The van der Waals surface area contributed by atoms with E-state index in [4.69, 9.17) is 15.3 Å². The van der Waals surface area contributed by atoms with Gasteiger partial charge in [0.15, 0.2) is 11.4 Å². The van der Waals surface area contributed by atoms with Gasteiger partial charge in [0, 0.05) is 6.07 Å². The van der Waals surface area contributed by atoms with Crippen molar-refractivity contribution in [3.8, 4) is 0 Å². The molecule has 3 N–H and O–H groups in total. The number of aromatic carboxylic acids is 3. The third-order valence-electron chi connectivity index (χ3n) is 1.36. The van der Waals surface area contributed by atoms with Gasteiger partial charge < -0.3 is 15.3 Å². The third kappa shape index (κ3) is 2.24. The topological polar surface area (TPSA) is 138 Å². The van der Waals surface area contributed by atoms with Gasteiger partial charge in [-0.1, -0.05) is 0 Å². The smallest absolute Gasteiger partial charge is 0.373 e. The maximum Gasteiger partial charge on any atom is 0.373 e. The summed E-state index contributed by atoms with van der Waals surface area (Å²) in [7, 11) is 0. The second-order valence-corrected chi connectivity index (χ2v) is 2.38. The Labute approximate surface area is 81.8 Å². The van der Waals surface area contributed by atoms with Crippen LogP contribution in [0.5, 0.6) is 0 Å². The molecule has 8 heteroatoms. The Bertz CT molecular complexity index is 376. The lowest BCUT2D eigenvalue weighted by molar-refractivity contribution is 0.0676. The molecular weight excluding hydrogens is 208 g/mol. The van der Waals surface area contributed by atoms with Crippen molar-refractivity contribution in [1.82, 2.24) is 9.97 Å². The molecule has 78 valence electrons. The van der Waals surface area contributed by atoms with Crippen LogP contribution in [0.1, 0.15) is 31.6 Å². The Balaban J connectivity index is 3.39. The fourth-order valence-corrected chi connectivity index (χ4v) is 0.762. The molecule has 0 fully saturated rings. The number of rotatable bonds is 3. The minimum Gasteiger partial charge on any atom is -0.477 e. The van der Waals surface area contributed by atoms with Gasteiger partial charge in [0.2, 0.25) is 5.82 Å². The van der Waals surface area contributed by atoms with E-state index in [1.165, 1.54) is 0 Å². The molecule has 0 aliphatic rings. The molecule has 0 atom stereocenters. The van der Waals surface area contributed by atoms with Gasteiger partial charge in [-0.15, -0.1) is 0 Å². The fraction of sp³-hybridized carbons (Fsp3) is 0. The number of carboxylic acid groups (broad SMARTS) is 3. The molecule has 0 bridgehead atoms. The molecular formula is C7H4N2O6. The maximum absolute atomic E-state index is 10.5. The molecule has 1 aromatic rings. The second kappa shape index (κ2) is 3.70. The normalized spacial score (nSPS) is 9.60. The fourth-order valence-electron chi connectivity index (χ4n) is 0.762. The summed E-state index contributed by atoms with van der Waals surface area (Å²) in [4.78, 5) is 37.7. The van der Waals surface area contributed by atoms with Crippen molar-refractivity contribution >= 4 is 17.9 Å². The van der Waals surface area contributed by atoms with Crippen LogP contribution >= 0.6 is 0 Å². The van der Waals surface area contributed by atoms with Crippen LogP contribution < -0.4 is 0 Å². The van der Waals surface area contributed by atoms with Crippen molar-refractivity contribution < 1.29 is 29.7 Å². The number of nitrogens with zero attached hydrogens (tertiary/aromatic N) is 2. The SMILES string of the molecule is O=C(O)c1cc(C(=O)O)nc(C(=O)O)n1. The molecule has 0 saturated carbocycles. The van der Waals surface area contributed by atoms with Crippen LogP contribution in [0.4, 0.5) is 0 Å². The summed E-state index contributed by atoms with van der Waals surface area (Å²) in [5, 5.41) is 25.5. The number of hydrogen-bond acceptors (Lipinski definition) is 5. The number of carboxylic acids is 3. The summed E-state index contributed by atoms with van der Waals surface area (Å²) >= 11 is 0. The summed E-state index contributed by atoms with van der Waals surface area (Å²) in [6, 6.07) is 0.678. The van der Waals surface area contributed by atoms with Gasteiger partial charge in [-0.25, -0.2) is 24.4 Å². The average molecular weight is 212 g/mol. The van der Waals surface area contributed by atoms with Crippen LogP contribution in [0.25, 0.3) is 0 Å². The van der Waals surface area contributed by atoms with Gasteiger partial charge in [0.05, 0.1) is 0 Å². The van der Waals surface area contributed by atoms with E-state index in [0.717, 1.165) is 0 Å². The first-order valence-corrected chi connectivity index (χ1v) is 3.50. The van der Waals surface area contributed by atoms with Crippen LogP contribution in [0, 0.1) is 0 Å². The van der Waals surface area contributed by atoms with Gasteiger partial charge >= 0.3 is 17.9 Å². The summed E-state index contributed by atoms with van der Waals surface area (Å²) in [5.74, 6) is -5.52. The molecule has 1 heterocycles. The van der Waals surface area contributed by atoms with Crippen LogP contribution in [0.15, 0.2) is 6.07 Å². The van der Waals surface area contributed by atoms with Crippen molar-refractivity contribution in [2.45, 2.75) is 0 Å². The zero-order chi connectivity index (χ0) is 11.6. The summed E-state index contributed by atoms with van der Waals surface area (Å²) in [6.07, 6.45) is 0. The Morgan fingerprint density at radius 1 is 0.867 bits per heavy atom. The lowest BCUT2D eigenvalue weighted by Crippen LogP contribution is -2.14. The van der Waals surface area contributed by atoms with Crippen LogP contribution in [0.2, 0.25) is 0 Å². The third-order valence-corrected chi connectivity index (χ3v) is 1.36. The van der Waals surface area contributed by atoms with Gasteiger partial charge in [-0.2, -0.15) is 0 Å². The maximum atomic E-state index is 10.5. The van der Waals surface area contributed by atoms with Crippen molar-refractivity contribution in [1.29, 1.82) is 0 Å².